The van der Waals surface area contributed by atoms with Gasteiger partial charge in [0.1, 0.15) is 10.6 Å². The molecule has 156 valence electrons. The molecular formula is C25H21ClN2O2S. The summed E-state index contributed by atoms with van der Waals surface area (Å²) in [5.74, 6) is -0.710. The third kappa shape index (κ3) is 4.53. The van der Waals surface area contributed by atoms with Crippen LogP contribution in [0.4, 0.5) is 11.4 Å². The lowest BCUT2D eigenvalue weighted by molar-refractivity contribution is -0.120. The van der Waals surface area contributed by atoms with Crippen LogP contribution in [0.25, 0.3) is 0 Å². The summed E-state index contributed by atoms with van der Waals surface area (Å²) in [5.41, 5.74) is 4.63. The summed E-state index contributed by atoms with van der Waals surface area (Å²) in [4.78, 5) is 29.3. The predicted molar refractivity (Wildman–Crippen MR) is 128 cm³/mol. The molecule has 0 saturated carbocycles. The number of hydrogen-bond acceptors (Lipinski definition) is 4. The van der Waals surface area contributed by atoms with Gasteiger partial charge in [-0.05, 0) is 86.0 Å². The second kappa shape index (κ2) is 8.61. The smallest absolute Gasteiger partial charge is 0.283 e. The molecule has 6 heteroatoms. The van der Waals surface area contributed by atoms with E-state index in [1.54, 1.807) is 12.1 Å². The van der Waals surface area contributed by atoms with Crippen molar-refractivity contribution in [1.82, 2.24) is 0 Å². The molecule has 0 bridgehead atoms. The van der Waals surface area contributed by atoms with Crippen molar-refractivity contribution in [3.8, 4) is 0 Å². The highest BCUT2D eigenvalue weighted by Crippen LogP contribution is 2.38. The van der Waals surface area contributed by atoms with Crippen LogP contribution in [-0.4, -0.2) is 11.8 Å². The molecule has 4 rings (SSSR count). The fourth-order valence-corrected chi connectivity index (χ4v) is 4.57. The van der Waals surface area contributed by atoms with Crippen LogP contribution in [-0.2, 0) is 9.59 Å². The molecule has 0 aromatic heterocycles. The minimum atomic E-state index is -0.368. The zero-order valence-corrected chi connectivity index (χ0v) is 19.0. The van der Waals surface area contributed by atoms with Gasteiger partial charge in [0.05, 0.1) is 5.69 Å². The highest BCUT2D eigenvalue weighted by molar-refractivity contribution is 8.04. The summed E-state index contributed by atoms with van der Waals surface area (Å²) in [7, 11) is 0. The molecule has 1 aliphatic heterocycles. The molecule has 0 spiro atoms. The molecule has 0 saturated heterocycles. The van der Waals surface area contributed by atoms with Gasteiger partial charge >= 0.3 is 0 Å². The molecule has 1 N–H and O–H groups in total. The van der Waals surface area contributed by atoms with Crippen molar-refractivity contribution in [2.45, 2.75) is 25.7 Å². The van der Waals surface area contributed by atoms with Gasteiger partial charge in [0.15, 0.2) is 0 Å². The SMILES string of the molecule is Cc1cccc(NC2=C(Sc3ccc(Cl)cc3)C(=O)N(c3cc(C)cc(C)c3)C2=O)c1. The zero-order chi connectivity index (χ0) is 22.1. The number of carbonyl (C=O) groups is 2. The van der Waals surface area contributed by atoms with Crippen molar-refractivity contribution in [2.75, 3.05) is 10.2 Å². The molecule has 31 heavy (non-hydrogen) atoms. The van der Waals surface area contributed by atoms with E-state index < -0.39 is 0 Å². The number of benzene rings is 3. The van der Waals surface area contributed by atoms with Gasteiger partial charge in [-0.15, -0.1) is 0 Å². The van der Waals surface area contributed by atoms with Gasteiger partial charge < -0.3 is 5.32 Å². The average Bonchev–Trinajstić information content (AvgIpc) is 2.93. The lowest BCUT2D eigenvalue weighted by Crippen LogP contribution is -2.32. The van der Waals surface area contributed by atoms with E-state index in [1.807, 2.05) is 75.4 Å². The van der Waals surface area contributed by atoms with Crippen LogP contribution >= 0.6 is 23.4 Å². The van der Waals surface area contributed by atoms with Crippen LogP contribution in [0, 0.1) is 20.8 Å². The van der Waals surface area contributed by atoms with Gasteiger partial charge in [0.2, 0.25) is 0 Å². The van der Waals surface area contributed by atoms with E-state index in [1.165, 1.54) is 16.7 Å². The maximum atomic E-state index is 13.4. The van der Waals surface area contributed by atoms with E-state index in [0.29, 0.717) is 15.6 Å². The monoisotopic (exact) mass is 448 g/mol. The summed E-state index contributed by atoms with van der Waals surface area (Å²) in [6, 6.07) is 20.6. The Hall–Kier alpha value is -3.02. The zero-order valence-electron chi connectivity index (χ0n) is 17.4. The Morgan fingerprint density at radius 2 is 1.48 bits per heavy atom. The third-order valence-electron chi connectivity index (χ3n) is 4.83. The molecule has 0 atom stereocenters. The number of anilines is 2. The number of amides is 2. The van der Waals surface area contributed by atoms with Gasteiger partial charge in [-0.3, -0.25) is 9.59 Å². The van der Waals surface area contributed by atoms with E-state index in [2.05, 4.69) is 5.32 Å². The van der Waals surface area contributed by atoms with E-state index in [4.69, 9.17) is 11.6 Å². The predicted octanol–water partition coefficient (Wildman–Crippen LogP) is 6.25. The largest absolute Gasteiger partial charge is 0.350 e. The number of thioether (sulfide) groups is 1. The molecule has 0 unspecified atom stereocenters. The lowest BCUT2D eigenvalue weighted by Gasteiger charge is -2.17. The number of aryl methyl sites for hydroxylation is 3. The van der Waals surface area contributed by atoms with Crippen LogP contribution in [0.2, 0.25) is 5.02 Å². The quantitative estimate of drug-likeness (QED) is 0.468. The number of nitrogens with zero attached hydrogens (tertiary/aromatic N) is 1. The molecule has 1 heterocycles. The fourth-order valence-electron chi connectivity index (χ4n) is 3.52. The van der Waals surface area contributed by atoms with E-state index in [0.717, 1.165) is 27.3 Å². The van der Waals surface area contributed by atoms with Crippen molar-refractivity contribution in [3.05, 3.63) is 99.0 Å². The molecule has 3 aromatic carbocycles. The molecule has 0 radical (unpaired) electrons. The molecular weight excluding hydrogens is 428 g/mol. The Labute approximate surface area is 190 Å². The summed E-state index contributed by atoms with van der Waals surface area (Å²) < 4.78 is 0. The van der Waals surface area contributed by atoms with Crippen LogP contribution < -0.4 is 10.2 Å². The minimum absolute atomic E-state index is 0.273. The van der Waals surface area contributed by atoms with Crippen molar-refractivity contribution in [3.63, 3.8) is 0 Å². The molecule has 2 amide bonds. The van der Waals surface area contributed by atoms with Gasteiger partial charge in [-0.2, -0.15) is 0 Å². The van der Waals surface area contributed by atoms with Crippen LogP contribution in [0.1, 0.15) is 16.7 Å². The number of nitrogens with one attached hydrogen (secondary N) is 1. The van der Waals surface area contributed by atoms with E-state index in [-0.39, 0.29) is 17.5 Å². The first-order valence-electron chi connectivity index (χ1n) is 9.80. The van der Waals surface area contributed by atoms with Gasteiger partial charge in [0, 0.05) is 15.6 Å². The van der Waals surface area contributed by atoms with Gasteiger partial charge in [-0.1, -0.05) is 41.6 Å². The van der Waals surface area contributed by atoms with Crippen molar-refractivity contribution in [1.29, 1.82) is 0 Å². The first kappa shape index (κ1) is 21.2. The summed E-state index contributed by atoms with van der Waals surface area (Å²) >= 11 is 7.26. The number of hydrogen-bond donors (Lipinski definition) is 1. The molecule has 0 aliphatic carbocycles. The fraction of sp³-hybridized carbons (Fsp3) is 0.120. The van der Waals surface area contributed by atoms with Crippen molar-refractivity contribution in [2.24, 2.45) is 0 Å². The van der Waals surface area contributed by atoms with Crippen LogP contribution in [0.5, 0.6) is 0 Å². The molecule has 1 aliphatic rings. The Kier molecular flexibility index (Phi) is 5.90. The third-order valence-corrected chi connectivity index (χ3v) is 6.17. The Morgan fingerprint density at radius 3 is 2.13 bits per heavy atom. The average molecular weight is 449 g/mol. The Balaban J connectivity index is 1.77. The van der Waals surface area contributed by atoms with E-state index in [9.17, 15) is 9.59 Å². The van der Waals surface area contributed by atoms with E-state index >= 15 is 0 Å². The highest BCUT2D eigenvalue weighted by atomic mass is 35.5. The normalized spacial score (nSPS) is 13.9. The summed E-state index contributed by atoms with van der Waals surface area (Å²) in [6.45, 7) is 5.88. The highest BCUT2D eigenvalue weighted by Gasteiger charge is 2.40. The molecule has 0 fully saturated rings. The molecule has 3 aromatic rings. The maximum Gasteiger partial charge on any atom is 0.283 e. The molecule has 4 nitrogen and oxygen atoms in total. The topological polar surface area (TPSA) is 49.4 Å². The minimum Gasteiger partial charge on any atom is -0.350 e. The lowest BCUT2D eigenvalue weighted by atomic mass is 10.1. The first-order valence-corrected chi connectivity index (χ1v) is 11.0. The number of rotatable bonds is 5. The summed E-state index contributed by atoms with van der Waals surface area (Å²) in [6.07, 6.45) is 0. The number of halogens is 1. The standard InChI is InChI=1S/C25H21ClN2O2S/c1-15-5-4-6-19(12-15)27-22-23(31-21-9-7-18(26)8-10-21)25(30)28(24(22)29)20-13-16(2)11-17(3)14-20/h4-14,27H,1-3H3. The first-order chi connectivity index (χ1) is 14.8. The van der Waals surface area contributed by atoms with Crippen LogP contribution in [0.15, 0.2) is 82.2 Å². The van der Waals surface area contributed by atoms with Crippen molar-refractivity contribution < 1.29 is 9.59 Å². The second-order valence-electron chi connectivity index (χ2n) is 7.55. The maximum absolute atomic E-state index is 13.4. The second-order valence-corrected chi connectivity index (χ2v) is 9.07. The van der Waals surface area contributed by atoms with Crippen LogP contribution in [0.3, 0.4) is 0 Å². The van der Waals surface area contributed by atoms with Crippen molar-refractivity contribution >= 4 is 46.6 Å². The van der Waals surface area contributed by atoms with Gasteiger partial charge in [0.25, 0.3) is 11.8 Å². The summed E-state index contributed by atoms with van der Waals surface area (Å²) in [5, 5.41) is 3.81. The Bertz CT molecular complexity index is 1200. The van der Waals surface area contributed by atoms with Gasteiger partial charge in [-0.25, -0.2) is 4.90 Å². The Morgan fingerprint density at radius 1 is 0.806 bits per heavy atom. The number of imide groups is 1. The number of carbonyl (C=O) groups excluding carboxylic acids is 2.